The minimum absolute atomic E-state index is 0.135. The molecule has 0 heterocycles. The van der Waals surface area contributed by atoms with Gasteiger partial charge in [0.2, 0.25) is 0 Å². The van der Waals surface area contributed by atoms with Crippen molar-refractivity contribution in [2.75, 3.05) is 0 Å². The van der Waals surface area contributed by atoms with E-state index in [2.05, 4.69) is 6.15 Å². The van der Waals surface area contributed by atoms with E-state index in [0.717, 1.165) is 0 Å². The third-order valence-corrected chi connectivity index (χ3v) is 12.5. The molecule has 0 aliphatic heterocycles. The SMILES string of the molecule is CCC[CH2][Sn]([CH2]CC)([O]C(=O)C(F)(F)F)[O]C(=O)C(F)(F)F. The predicted molar refractivity (Wildman–Crippen MR) is 64.9 cm³/mol. The fourth-order valence-electron chi connectivity index (χ4n) is 1.63. The van der Waals surface area contributed by atoms with Crippen molar-refractivity contribution in [1.82, 2.24) is 0 Å². The zero-order valence-electron chi connectivity index (χ0n) is 11.9. The first kappa shape index (κ1) is 21.3. The van der Waals surface area contributed by atoms with Crippen LogP contribution in [0.15, 0.2) is 0 Å². The van der Waals surface area contributed by atoms with Crippen molar-refractivity contribution in [2.24, 2.45) is 0 Å². The van der Waals surface area contributed by atoms with E-state index >= 15 is 0 Å². The van der Waals surface area contributed by atoms with E-state index < -0.39 is 43.5 Å². The van der Waals surface area contributed by atoms with E-state index in [0.29, 0.717) is 6.42 Å². The van der Waals surface area contributed by atoms with Crippen LogP contribution in [0.25, 0.3) is 0 Å². The second kappa shape index (κ2) is 8.25. The zero-order valence-corrected chi connectivity index (χ0v) is 14.8. The van der Waals surface area contributed by atoms with E-state index in [4.69, 9.17) is 0 Å². The number of carbonyl (C=O) groups is 2. The van der Waals surface area contributed by atoms with Crippen LogP contribution in [0.4, 0.5) is 26.3 Å². The summed E-state index contributed by atoms with van der Waals surface area (Å²) < 4.78 is 82.0. The van der Waals surface area contributed by atoms with E-state index in [1.54, 1.807) is 6.92 Å². The summed E-state index contributed by atoms with van der Waals surface area (Å²) >= 11 is -5.18. The summed E-state index contributed by atoms with van der Waals surface area (Å²) in [7, 11) is 0. The molecule has 0 N–H and O–H groups in total. The molecule has 0 amide bonds. The quantitative estimate of drug-likeness (QED) is 0.442. The van der Waals surface area contributed by atoms with Crippen molar-refractivity contribution in [1.29, 1.82) is 0 Å². The van der Waals surface area contributed by atoms with Gasteiger partial charge in [-0.05, 0) is 0 Å². The van der Waals surface area contributed by atoms with Gasteiger partial charge < -0.3 is 0 Å². The van der Waals surface area contributed by atoms with Gasteiger partial charge in [-0.25, -0.2) is 0 Å². The van der Waals surface area contributed by atoms with Crippen molar-refractivity contribution < 1.29 is 42.1 Å². The van der Waals surface area contributed by atoms with Crippen molar-refractivity contribution in [3.63, 3.8) is 0 Å². The Bertz CT molecular complexity index is 365. The van der Waals surface area contributed by atoms with Crippen LogP contribution in [-0.2, 0) is 15.7 Å². The van der Waals surface area contributed by atoms with E-state index in [-0.39, 0.29) is 21.7 Å². The van der Waals surface area contributed by atoms with Gasteiger partial charge in [-0.3, -0.25) is 0 Å². The summed E-state index contributed by atoms with van der Waals surface area (Å²) in [6.07, 6.45) is -9.93. The Balaban J connectivity index is 5.40. The van der Waals surface area contributed by atoms with Crippen molar-refractivity contribution >= 4 is 31.1 Å². The molecule has 130 valence electrons. The Labute approximate surface area is 128 Å². The summed E-state index contributed by atoms with van der Waals surface area (Å²) in [6, 6.07) is 0. The molecule has 4 nitrogen and oxygen atoms in total. The molecule has 22 heavy (non-hydrogen) atoms. The van der Waals surface area contributed by atoms with Gasteiger partial charge in [-0.2, -0.15) is 0 Å². The summed E-state index contributed by atoms with van der Waals surface area (Å²) in [5.41, 5.74) is 0. The van der Waals surface area contributed by atoms with Crippen LogP contribution in [-0.4, -0.2) is 43.5 Å². The standard InChI is InChI=1S/C4H9.C3H7.2C2HF3O2.Sn/c1-3-4-2;1-3-2;2*3-2(4,5)1(6)7;/h1,3-4H2,2H3;1,3H2,2H3;2*(H,6,7);/q;;;;+2/p-2. The van der Waals surface area contributed by atoms with Gasteiger partial charge in [0, 0.05) is 0 Å². The third kappa shape index (κ3) is 7.05. The topological polar surface area (TPSA) is 52.6 Å². The maximum atomic E-state index is 12.3. The molecule has 0 bridgehead atoms. The van der Waals surface area contributed by atoms with Crippen LogP contribution < -0.4 is 0 Å². The summed E-state index contributed by atoms with van der Waals surface area (Å²) in [4.78, 5) is 22.0. The minimum atomic E-state index is -5.35. The normalized spacial score (nSPS) is 12.9. The van der Waals surface area contributed by atoms with Crippen molar-refractivity contribution in [2.45, 2.75) is 54.3 Å². The van der Waals surface area contributed by atoms with Gasteiger partial charge in [-0.1, -0.05) is 0 Å². The van der Waals surface area contributed by atoms with Crippen molar-refractivity contribution in [3.05, 3.63) is 0 Å². The maximum absolute atomic E-state index is 12.3. The number of hydrogen-bond donors (Lipinski definition) is 0. The van der Waals surface area contributed by atoms with Crippen LogP contribution in [0.5, 0.6) is 0 Å². The molecule has 0 saturated carbocycles. The van der Waals surface area contributed by atoms with Crippen LogP contribution in [0.2, 0.25) is 8.87 Å². The molecule has 0 atom stereocenters. The number of alkyl halides is 6. The number of hydrogen-bond acceptors (Lipinski definition) is 4. The summed E-state index contributed by atoms with van der Waals surface area (Å²) in [5, 5.41) is 0. The third-order valence-electron chi connectivity index (χ3n) is 2.56. The van der Waals surface area contributed by atoms with E-state index in [9.17, 15) is 35.9 Å². The molecule has 0 aromatic heterocycles. The number of carbonyl (C=O) groups excluding carboxylic acids is 2. The Morgan fingerprint density at radius 1 is 0.818 bits per heavy atom. The van der Waals surface area contributed by atoms with Gasteiger partial charge in [0.1, 0.15) is 0 Å². The van der Waals surface area contributed by atoms with E-state index in [1.165, 1.54) is 6.92 Å². The van der Waals surface area contributed by atoms with Gasteiger partial charge >= 0.3 is 128 Å². The Hall–Kier alpha value is -0.681. The molecule has 0 radical (unpaired) electrons. The van der Waals surface area contributed by atoms with Gasteiger partial charge in [0.05, 0.1) is 0 Å². The Kier molecular flexibility index (Phi) is 7.99. The van der Waals surface area contributed by atoms with Gasteiger partial charge in [-0.15, -0.1) is 0 Å². The number of halogens is 6. The van der Waals surface area contributed by atoms with Gasteiger partial charge in [0.25, 0.3) is 0 Å². The summed E-state index contributed by atoms with van der Waals surface area (Å²) in [6.45, 7) is 3.14. The van der Waals surface area contributed by atoms with Gasteiger partial charge in [0.15, 0.2) is 0 Å². The predicted octanol–water partition coefficient (Wildman–Crippen LogP) is 3.85. The van der Waals surface area contributed by atoms with E-state index in [1.807, 2.05) is 0 Å². The Morgan fingerprint density at radius 3 is 1.50 bits per heavy atom. The molecule has 0 aliphatic carbocycles. The zero-order chi connectivity index (χ0) is 17.6. The average molecular weight is 445 g/mol. The van der Waals surface area contributed by atoms with Crippen LogP contribution in [0.3, 0.4) is 0 Å². The molecule has 0 aromatic rings. The first-order chi connectivity index (χ1) is 9.88. The van der Waals surface area contributed by atoms with Crippen LogP contribution in [0.1, 0.15) is 33.1 Å². The molecule has 11 heteroatoms. The molecule has 0 spiro atoms. The fourth-order valence-corrected chi connectivity index (χ4v) is 10.9. The van der Waals surface area contributed by atoms with Crippen LogP contribution >= 0.6 is 0 Å². The molecular formula is C11H16F6O4Sn. The average Bonchev–Trinajstić information content (AvgIpc) is 2.34. The fraction of sp³-hybridized carbons (Fsp3) is 0.818. The first-order valence-electron chi connectivity index (χ1n) is 6.48. The molecule has 0 saturated heterocycles. The molecule has 0 aromatic carbocycles. The molecule has 0 fully saturated rings. The molecule has 0 rings (SSSR count). The number of rotatable bonds is 7. The first-order valence-corrected chi connectivity index (χ1v) is 12.8. The number of unbranched alkanes of at least 4 members (excludes halogenated alkanes) is 1. The second-order valence-electron chi connectivity index (χ2n) is 4.54. The summed E-state index contributed by atoms with van der Waals surface area (Å²) in [5.74, 6) is -5.22. The van der Waals surface area contributed by atoms with Crippen LogP contribution in [0, 0.1) is 0 Å². The monoisotopic (exact) mass is 446 g/mol. The Morgan fingerprint density at radius 2 is 1.23 bits per heavy atom. The molecular weight excluding hydrogens is 429 g/mol. The van der Waals surface area contributed by atoms with Crippen molar-refractivity contribution in [3.8, 4) is 0 Å². The second-order valence-corrected chi connectivity index (χ2v) is 13.8. The molecule has 0 aliphatic rings. The molecule has 0 unspecified atom stereocenters.